The van der Waals surface area contributed by atoms with Crippen LogP contribution in [-0.4, -0.2) is 36.1 Å². The summed E-state index contributed by atoms with van der Waals surface area (Å²) in [5.74, 6) is -0.607. The third-order valence-electron chi connectivity index (χ3n) is 3.97. The Kier molecular flexibility index (Phi) is 5.75. The largest absolute Gasteiger partial charge is 0.505 e. The van der Waals surface area contributed by atoms with Gasteiger partial charge < -0.3 is 14.6 Å². The molecule has 0 amide bonds. The first-order chi connectivity index (χ1) is 11.9. The Hall–Kier alpha value is -2.89. The van der Waals surface area contributed by atoms with E-state index in [-0.39, 0.29) is 16.9 Å². The number of ether oxygens (including phenoxy) is 2. The van der Waals surface area contributed by atoms with E-state index in [0.29, 0.717) is 24.2 Å². The highest BCUT2D eigenvalue weighted by molar-refractivity contribution is 6.08. The minimum Gasteiger partial charge on any atom is -0.505 e. The molecule has 0 spiro atoms. The van der Waals surface area contributed by atoms with Crippen molar-refractivity contribution in [3.8, 4) is 11.5 Å². The van der Waals surface area contributed by atoms with Crippen molar-refractivity contribution in [2.45, 2.75) is 26.7 Å². The maximum atomic E-state index is 12.2. The summed E-state index contributed by atoms with van der Waals surface area (Å²) in [6, 6.07) is 7.56. The molecule has 0 aliphatic rings. The molecule has 2 rings (SSSR count). The van der Waals surface area contributed by atoms with E-state index >= 15 is 0 Å². The van der Waals surface area contributed by atoms with Gasteiger partial charge in [0.1, 0.15) is 11.5 Å². The molecule has 0 unspecified atom stereocenters. The molecule has 0 atom stereocenters. The van der Waals surface area contributed by atoms with E-state index < -0.39 is 11.8 Å². The van der Waals surface area contributed by atoms with Gasteiger partial charge >= 0.3 is 5.97 Å². The Morgan fingerprint density at radius 1 is 1.08 bits per heavy atom. The number of rotatable bonds is 6. The van der Waals surface area contributed by atoms with E-state index in [1.54, 1.807) is 14.0 Å². The van der Waals surface area contributed by atoms with Crippen LogP contribution in [0.5, 0.6) is 11.5 Å². The van der Waals surface area contributed by atoms with Crippen LogP contribution < -0.4 is 4.74 Å². The van der Waals surface area contributed by atoms with Gasteiger partial charge in [0.25, 0.3) is 0 Å². The second kappa shape index (κ2) is 7.79. The number of benzene rings is 1. The van der Waals surface area contributed by atoms with Gasteiger partial charge in [0, 0.05) is 0 Å². The number of methoxy groups -OCH3 is 2. The molecule has 0 radical (unpaired) electrons. The van der Waals surface area contributed by atoms with Crippen molar-refractivity contribution >= 4 is 11.8 Å². The number of pyridine rings is 1. The Bertz CT molecular complexity index is 796. The number of aryl methyl sites for hydroxylation is 3. The van der Waals surface area contributed by atoms with Crippen molar-refractivity contribution in [2.75, 3.05) is 14.2 Å². The first kappa shape index (κ1) is 18.4. The number of esters is 1. The lowest BCUT2D eigenvalue weighted by Crippen LogP contribution is -2.16. The third kappa shape index (κ3) is 3.96. The number of carbonyl (C=O) groups is 2. The van der Waals surface area contributed by atoms with Gasteiger partial charge in [-0.15, -0.1) is 0 Å². The van der Waals surface area contributed by atoms with Gasteiger partial charge in [-0.1, -0.05) is 12.1 Å². The highest BCUT2D eigenvalue weighted by Gasteiger charge is 2.26. The summed E-state index contributed by atoms with van der Waals surface area (Å²) in [7, 11) is 2.83. The van der Waals surface area contributed by atoms with Crippen molar-refractivity contribution < 1.29 is 24.2 Å². The fourth-order valence-electron chi connectivity index (χ4n) is 2.66. The number of hydrogen-bond donors (Lipinski definition) is 1. The highest BCUT2D eigenvalue weighted by atomic mass is 16.5. The fourth-order valence-corrected chi connectivity index (χ4v) is 2.66. The lowest BCUT2D eigenvalue weighted by molar-refractivity contribution is 0.0594. The lowest BCUT2D eigenvalue weighted by atomic mass is 9.97. The Morgan fingerprint density at radius 3 is 2.24 bits per heavy atom. The predicted octanol–water partition coefficient (Wildman–Crippen LogP) is 2.88. The summed E-state index contributed by atoms with van der Waals surface area (Å²) in [5, 5.41) is 10.2. The molecule has 0 fully saturated rings. The number of Topliss-reactive ketones (excluding diaryl/α,β-unsaturated/α-hetero) is 1. The summed E-state index contributed by atoms with van der Waals surface area (Å²) in [6.07, 6.45) is 1.04. The third-order valence-corrected chi connectivity index (χ3v) is 3.97. The molecule has 0 saturated carbocycles. The fraction of sp³-hybridized carbons (Fsp3) is 0.316. The number of aromatic nitrogens is 1. The summed E-state index contributed by atoms with van der Waals surface area (Å²) in [4.78, 5) is 28.4. The molecule has 132 valence electrons. The molecule has 1 aromatic carbocycles. The molecule has 1 heterocycles. The maximum Gasteiger partial charge on any atom is 0.340 e. The van der Waals surface area contributed by atoms with Crippen molar-refractivity contribution in [1.82, 2.24) is 4.98 Å². The summed E-state index contributed by atoms with van der Waals surface area (Å²) < 4.78 is 9.92. The van der Waals surface area contributed by atoms with Crippen molar-refractivity contribution in [1.29, 1.82) is 0 Å². The minimum atomic E-state index is -0.683. The molecule has 25 heavy (non-hydrogen) atoms. The Morgan fingerprint density at radius 2 is 1.72 bits per heavy atom. The SMILES string of the molecule is COC(=O)c1c(CCc2ccc(OC)cc2)nc(C)c(O)c1C(C)=O. The molecule has 0 saturated heterocycles. The average molecular weight is 343 g/mol. The molecule has 6 heteroatoms. The molecular weight excluding hydrogens is 322 g/mol. The van der Waals surface area contributed by atoms with Gasteiger partial charge in [-0.25, -0.2) is 4.79 Å². The van der Waals surface area contributed by atoms with Crippen LogP contribution in [0.4, 0.5) is 0 Å². The zero-order valence-corrected chi connectivity index (χ0v) is 14.8. The van der Waals surface area contributed by atoms with E-state index in [0.717, 1.165) is 11.3 Å². The number of carbonyl (C=O) groups excluding carboxylic acids is 2. The standard InChI is InChI=1S/C19H21NO5/c1-11-18(22)16(12(2)21)17(19(23)25-4)15(20-11)10-7-13-5-8-14(24-3)9-6-13/h5-6,8-9,22H,7,10H2,1-4H3. The normalized spacial score (nSPS) is 10.4. The van der Waals surface area contributed by atoms with Crippen LogP contribution in [0.15, 0.2) is 24.3 Å². The summed E-state index contributed by atoms with van der Waals surface area (Å²) >= 11 is 0. The second-order valence-electron chi connectivity index (χ2n) is 5.64. The van der Waals surface area contributed by atoms with Crippen LogP contribution in [0.1, 0.15) is 44.6 Å². The minimum absolute atomic E-state index is 0.0339. The molecule has 6 nitrogen and oxygen atoms in total. The summed E-state index contributed by atoms with van der Waals surface area (Å²) in [5.41, 5.74) is 1.77. The summed E-state index contributed by atoms with van der Waals surface area (Å²) in [6.45, 7) is 2.90. The molecule has 1 aromatic heterocycles. The topological polar surface area (TPSA) is 85.7 Å². The molecule has 0 aliphatic carbocycles. The van der Waals surface area contributed by atoms with Crippen LogP contribution in [-0.2, 0) is 17.6 Å². The Balaban J connectivity index is 2.41. The van der Waals surface area contributed by atoms with Gasteiger partial charge in [0.15, 0.2) is 5.78 Å². The first-order valence-corrected chi connectivity index (χ1v) is 7.83. The number of nitrogens with zero attached hydrogens (tertiary/aromatic N) is 1. The van der Waals surface area contributed by atoms with E-state index in [9.17, 15) is 14.7 Å². The number of ketones is 1. The van der Waals surface area contributed by atoms with Crippen LogP contribution in [0, 0.1) is 6.92 Å². The zero-order valence-electron chi connectivity index (χ0n) is 14.8. The van der Waals surface area contributed by atoms with Crippen molar-refractivity contribution in [2.24, 2.45) is 0 Å². The molecule has 2 aromatic rings. The van der Waals surface area contributed by atoms with Gasteiger partial charge in [0.05, 0.1) is 36.7 Å². The van der Waals surface area contributed by atoms with Crippen LogP contribution in [0.3, 0.4) is 0 Å². The van der Waals surface area contributed by atoms with E-state index in [1.165, 1.54) is 14.0 Å². The van der Waals surface area contributed by atoms with E-state index in [1.807, 2.05) is 24.3 Å². The van der Waals surface area contributed by atoms with Crippen LogP contribution >= 0.6 is 0 Å². The highest BCUT2D eigenvalue weighted by Crippen LogP contribution is 2.28. The molecule has 0 bridgehead atoms. The monoisotopic (exact) mass is 343 g/mol. The molecule has 0 aliphatic heterocycles. The first-order valence-electron chi connectivity index (χ1n) is 7.83. The predicted molar refractivity (Wildman–Crippen MR) is 92.4 cm³/mol. The van der Waals surface area contributed by atoms with Gasteiger partial charge in [0.2, 0.25) is 0 Å². The molecular formula is C19H21NO5. The van der Waals surface area contributed by atoms with Crippen LogP contribution in [0.25, 0.3) is 0 Å². The van der Waals surface area contributed by atoms with Gasteiger partial charge in [-0.3, -0.25) is 9.78 Å². The molecule has 1 N–H and O–H groups in total. The number of hydrogen-bond acceptors (Lipinski definition) is 6. The maximum absolute atomic E-state index is 12.2. The average Bonchev–Trinajstić information content (AvgIpc) is 2.61. The second-order valence-corrected chi connectivity index (χ2v) is 5.64. The zero-order chi connectivity index (χ0) is 18.6. The van der Waals surface area contributed by atoms with E-state index in [2.05, 4.69) is 4.98 Å². The van der Waals surface area contributed by atoms with Gasteiger partial charge in [-0.05, 0) is 44.4 Å². The Labute approximate surface area is 146 Å². The van der Waals surface area contributed by atoms with E-state index in [4.69, 9.17) is 9.47 Å². The van der Waals surface area contributed by atoms with Gasteiger partial charge in [-0.2, -0.15) is 0 Å². The smallest absolute Gasteiger partial charge is 0.340 e. The van der Waals surface area contributed by atoms with Crippen molar-refractivity contribution in [3.63, 3.8) is 0 Å². The van der Waals surface area contributed by atoms with Crippen molar-refractivity contribution in [3.05, 3.63) is 52.3 Å². The lowest BCUT2D eigenvalue weighted by Gasteiger charge is -2.14. The quantitative estimate of drug-likeness (QED) is 0.641. The number of aromatic hydroxyl groups is 1. The van der Waals surface area contributed by atoms with Crippen LogP contribution in [0.2, 0.25) is 0 Å².